The lowest BCUT2D eigenvalue weighted by molar-refractivity contribution is -0.00661. The molecule has 1 aliphatic rings. The van der Waals surface area contributed by atoms with E-state index in [-0.39, 0.29) is 22.9 Å². The van der Waals surface area contributed by atoms with E-state index < -0.39 is 0 Å². The smallest absolute Gasteiger partial charge is 0.273 e. The van der Waals surface area contributed by atoms with Gasteiger partial charge in [0.2, 0.25) is 0 Å². The molecule has 1 fully saturated rings. The molecule has 1 aromatic rings. The first-order chi connectivity index (χ1) is 9.55. The van der Waals surface area contributed by atoms with Gasteiger partial charge in [-0.15, -0.1) is 0 Å². The molecule has 6 nitrogen and oxygen atoms in total. The number of hydrogen-bond donors (Lipinski definition) is 2. The van der Waals surface area contributed by atoms with Crippen molar-refractivity contribution in [2.24, 2.45) is 0 Å². The third-order valence-electron chi connectivity index (χ3n) is 3.95. The highest BCUT2D eigenvalue weighted by Crippen LogP contribution is 2.25. The second kappa shape index (κ2) is 6.19. The predicted molar refractivity (Wildman–Crippen MR) is 74.7 cm³/mol. The summed E-state index contributed by atoms with van der Waals surface area (Å²) in [5.74, 6) is -0.452. The van der Waals surface area contributed by atoms with E-state index in [4.69, 9.17) is 4.74 Å². The third kappa shape index (κ3) is 3.08. The zero-order valence-corrected chi connectivity index (χ0v) is 11.9. The van der Waals surface area contributed by atoms with E-state index in [0.717, 1.165) is 12.8 Å². The zero-order valence-electron chi connectivity index (χ0n) is 11.9. The lowest BCUT2D eigenvalue weighted by Crippen LogP contribution is -2.55. The Morgan fingerprint density at radius 1 is 1.50 bits per heavy atom. The van der Waals surface area contributed by atoms with Crippen molar-refractivity contribution in [1.82, 2.24) is 15.2 Å². The molecule has 2 heterocycles. The van der Waals surface area contributed by atoms with Crippen molar-refractivity contribution in [3.63, 3.8) is 0 Å². The highest BCUT2D eigenvalue weighted by Gasteiger charge is 2.35. The average molecular weight is 279 g/mol. The first-order valence-corrected chi connectivity index (χ1v) is 6.72. The highest BCUT2D eigenvalue weighted by molar-refractivity contribution is 5.94. The van der Waals surface area contributed by atoms with Crippen LogP contribution in [0, 0.1) is 0 Å². The molecule has 0 aromatic carbocycles. The maximum absolute atomic E-state index is 12.1. The number of likely N-dealkylation sites (N-methyl/N-ethyl adjacent to an activating group) is 1. The van der Waals surface area contributed by atoms with Crippen LogP contribution >= 0.6 is 0 Å². The molecule has 110 valence electrons. The molecule has 0 spiro atoms. The van der Waals surface area contributed by atoms with Gasteiger partial charge in [0.25, 0.3) is 5.91 Å². The van der Waals surface area contributed by atoms with Gasteiger partial charge in [0, 0.05) is 31.5 Å². The van der Waals surface area contributed by atoms with Crippen LogP contribution in [0.5, 0.6) is 5.75 Å². The van der Waals surface area contributed by atoms with Gasteiger partial charge in [0.05, 0.1) is 0 Å². The van der Waals surface area contributed by atoms with Crippen LogP contribution in [-0.4, -0.2) is 60.3 Å². The first kappa shape index (κ1) is 14.7. The number of ether oxygens (including phenoxy) is 1. The van der Waals surface area contributed by atoms with Gasteiger partial charge < -0.3 is 20.1 Å². The van der Waals surface area contributed by atoms with Crippen LogP contribution in [0.25, 0.3) is 0 Å². The van der Waals surface area contributed by atoms with Crippen molar-refractivity contribution in [2.75, 3.05) is 33.9 Å². The Kier molecular flexibility index (Phi) is 4.57. The molecule has 2 N–H and O–H groups in total. The summed E-state index contributed by atoms with van der Waals surface area (Å²) in [6.45, 7) is 1.91. The summed E-state index contributed by atoms with van der Waals surface area (Å²) in [7, 11) is 4.02. The Labute approximate surface area is 118 Å². The fourth-order valence-electron chi connectivity index (χ4n) is 2.43. The zero-order chi connectivity index (χ0) is 14.6. The minimum atomic E-state index is -0.351. The molecule has 20 heavy (non-hydrogen) atoms. The number of carbonyl (C=O) groups excluding carboxylic acids is 1. The molecule has 2 rings (SSSR count). The van der Waals surface area contributed by atoms with Crippen LogP contribution in [0.4, 0.5) is 0 Å². The Balaban J connectivity index is 2.03. The van der Waals surface area contributed by atoms with Gasteiger partial charge in [-0.25, -0.2) is 4.98 Å². The number of rotatable bonds is 4. The fourth-order valence-corrected chi connectivity index (χ4v) is 2.43. The molecule has 0 bridgehead atoms. The van der Waals surface area contributed by atoms with Gasteiger partial charge in [-0.2, -0.15) is 0 Å². The summed E-state index contributed by atoms with van der Waals surface area (Å²) in [5, 5.41) is 12.5. The second-order valence-electron chi connectivity index (χ2n) is 5.28. The van der Waals surface area contributed by atoms with Crippen LogP contribution in [0.1, 0.15) is 23.3 Å². The quantitative estimate of drug-likeness (QED) is 0.845. The molecule has 0 radical (unpaired) electrons. The molecular weight excluding hydrogens is 258 g/mol. The van der Waals surface area contributed by atoms with E-state index in [1.54, 1.807) is 6.07 Å². The Morgan fingerprint density at radius 2 is 2.20 bits per heavy atom. The van der Waals surface area contributed by atoms with Crippen molar-refractivity contribution >= 4 is 5.91 Å². The highest BCUT2D eigenvalue weighted by atomic mass is 16.5. The third-order valence-corrected chi connectivity index (χ3v) is 3.95. The Bertz CT molecular complexity index is 470. The molecule has 1 aromatic heterocycles. The van der Waals surface area contributed by atoms with Gasteiger partial charge in [0.1, 0.15) is 5.75 Å². The number of nitrogens with zero attached hydrogens (tertiary/aromatic N) is 2. The topological polar surface area (TPSA) is 74.7 Å². The largest absolute Gasteiger partial charge is 0.505 e. The Hall–Kier alpha value is -1.66. The molecule has 0 aliphatic carbocycles. The predicted octanol–water partition coefficient (Wildman–Crippen LogP) is 0.628. The van der Waals surface area contributed by atoms with Crippen LogP contribution in [0.15, 0.2) is 18.3 Å². The average Bonchev–Trinajstić information content (AvgIpc) is 2.46. The van der Waals surface area contributed by atoms with Gasteiger partial charge in [0.15, 0.2) is 5.69 Å². The molecule has 0 saturated carbocycles. The van der Waals surface area contributed by atoms with Crippen LogP contribution < -0.4 is 5.32 Å². The van der Waals surface area contributed by atoms with Crippen molar-refractivity contribution in [3.8, 4) is 5.75 Å². The fraction of sp³-hybridized carbons (Fsp3) is 0.571. The number of aromatic hydroxyl groups is 1. The van der Waals surface area contributed by atoms with Crippen molar-refractivity contribution < 1.29 is 14.6 Å². The first-order valence-electron chi connectivity index (χ1n) is 6.72. The maximum Gasteiger partial charge on any atom is 0.273 e. The summed E-state index contributed by atoms with van der Waals surface area (Å²) < 4.78 is 5.39. The molecule has 1 aliphatic heterocycles. The summed E-state index contributed by atoms with van der Waals surface area (Å²) in [6, 6.07) is 3.05. The molecule has 1 amide bonds. The summed E-state index contributed by atoms with van der Waals surface area (Å²) in [5.41, 5.74) is -0.0355. The van der Waals surface area contributed by atoms with Crippen molar-refractivity contribution in [2.45, 2.75) is 18.4 Å². The molecule has 6 heteroatoms. The number of amides is 1. The lowest BCUT2D eigenvalue weighted by Gasteiger charge is -2.42. The van der Waals surface area contributed by atoms with Gasteiger partial charge in [-0.3, -0.25) is 4.79 Å². The molecule has 1 saturated heterocycles. The van der Waals surface area contributed by atoms with Gasteiger partial charge in [-0.05, 0) is 39.1 Å². The number of carbonyl (C=O) groups is 1. The van der Waals surface area contributed by atoms with E-state index in [0.29, 0.717) is 19.8 Å². The van der Waals surface area contributed by atoms with Crippen molar-refractivity contribution in [1.29, 1.82) is 0 Å². The number of pyridine rings is 1. The second-order valence-corrected chi connectivity index (χ2v) is 5.28. The van der Waals surface area contributed by atoms with Crippen LogP contribution in [0.3, 0.4) is 0 Å². The minimum Gasteiger partial charge on any atom is -0.505 e. The van der Waals surface area contributed by atoms with Crippen LogP contribution in [0.2, 0.25) is 0 Å². The number of nitrogens with one attached hydrogen (secondary N) is 1. The van der Waals surface area contributed by atoms with E-state index in [1.807, 2.05) is 14.1 Å². The summed E-state index contributed by atoms with van der Waals surface area (Å²) >= 11 is 0. The monoisotopic (exact) mass is 279 g/mol. The van der Waals surface area contributed by atoms with E-state index in [2.05, 4.69) is 15.2 Å². The Morgan fingerprint density at radius 3 is 2.80 bits per heavy atom. The van der Waals surface area contributed by atoms with Crippen LogP contribution in [-0.2, 0) is 4.74 Å². The summed E-state index contributed by atoms with van der Waals surface area (Å²) in [6.07, 6.45) is 3.23. The molecule has 0 atom stereocenters. The maximum atomic E-state index is 12.1. The van der Waals surface area contributed by atoms with Gasteiger partial charge in [-0.1, -0.05) is 0 Å². The minimum absolute atomic E-state index is 0.0634. The standard InChI is InChI=1S/C14H21N3O3/c1-17(2)14(5-8-20-9-6-14)10-16-13(19)12-11(18)4-3-7-15-12/h3-4,7,18H,5-6,8-10H2,1-2H3,(H,16,19). The van der Waals surface area contributed by atoms with E-state index >= 15 is 0 Å². The summed E-state index contributed by atoms with van der Waals surface area (Å²) in [4.78, 5) is 18.1. The lowest BCUT2D eigenvalue weighted by atomic mass is 9.88. The molecular formula is C14H21N3O3. The van der Waals surface area contributed by atoms with Gasteiger partial charge >= 0.3 is 0 Å². The van der Waals surface area contributed by atoms with E-state index in [9.17, 15) is 9.90 Å². The number of aromatic nitrogens is 1. The van der Waals surface area contributed by atoms with Crippen molar-refractivity contribution in [3.05, 3.63) is 24.0 Å². The SMILES string of the molecule is CN(C)C1(CNC(=O)c2ncccc2O)CCOCC1. The number of hydrogen-bond acceptors (Lipinski definition) is 5. The molecule has 0 unspecified atom stereocenters. The normalized spacial score (nSPS) is 17.9. The van der Waals surface area contributed by atoms with E-state index in [1.165, 1.54) is 12.3 Å².